The van der Waals surface area contributed by atoms with Gasteiger partial charge in [0.05, 0.1) is 7.11 Å². The van der Waals surface area contributed by atoms with Gasteiger partial charge in [-0.15, -0.1) is 0 Å². The van der Waals surface area contributed by atoms with Crippen LogP contribution in [-0.4, -0.2) is 18.2 Å². The van der Waals surface area contributed by atoms with E-state index in [1.165, 1.54) is 0 Å². The molecule has 5 nitrogen and oxygen atoms in total. The molecule has 1 aliphatic carbocycles. The highest BCUT2D eigenvalue weighted by atomic mass is 35.5. The summed E-state index contributed by atoms with van der Waals surface area (Å²) < 4.78 is 10.8. The van der Waals surface area contributed by atoms with Crippen molar-refractivity contribution in [2.24, 2.45) is 0 Å². The Labute approximate surface area is 155 Å². The maximum Gasteiger partial charge on any atom is 0.278 e. The Hall–Kier alpha value is -2.79. The molecule has 0 fully saturated rings. The molecule has 0 unspecified atom stereocenters. The molecule has 26 heavy (non-hydrogen) atoms. The normalized spacial score (nSPS) is 12.3. The van der Waals surface area contributed by atoms with E-state index < -0.39 is 0 Å². The minimum absolute atomic E-state index is 0.294. The van der Waals surface area contributed by atoms with Gasteiger partial charge in [0, 0.05) is 21.8 Å². The van der Waals surface area contributed by atoms with E-state index in [-0.39, 0.29) is 5.91 Å². The van der Waals surface area contributed by atoms with Crippen LogP contribution in [0.2, 0.25) is 5.02 Å². The van der Waals surface area contributed by atoms with Gasteiger partial charge in [0.2, 0.25) is 0 Å². The van der Waals surface area contributed by atoms with Crippen molar-refractivity contribution in [1.29, 1.82) is 0 Å². The molecule has 0 atom stereocenters. The number of aromatic nitrogens is 1. The zero-order valence-corrected chi connectivity index (χ0v) is 15.2. The van der Waals surface area contributed by atoms with Crippen molar-refractivity contribution in [1.82, 2.24) is 5.16 Å². The summed E-state index contributed by atoms with van der Waals surface area (Å²) in [5, 5.41) is 7.52. The molecule has 132 valence electrons. The van der Waals surface area contributed by atoms with Crippen molar-refractivity contribution < 1.29 is 14.1 Å². The summed E-state index contributed by atoms with van der Waals surface area (Å²) >= 11 is 6.12. The number of hydrogen-bond donors (Lipinski definition) is 1. The van der Waals surface area contributed by atoms with E-state index in [0.29, 0.717) is 28.6 Å². The fraction of sp³-hybridized carbons (Fsp3) is 0.200. The molecule has 2 aromatic carbocycles. The first-order valence-corrected chi connectivity index (χ1v) is 8.68. The summed E-state index contributed by atoms with van der Waals surface area (Å²) in [4.78, 5) is 12.7. The van der Waals surface area contributed by atoms with Crippen LogP contribution in [0.25, 0.3) is 11.3 Å². The van der Waals surface area contributed by atoms with Crippen LogP contribution >= 0.6 is 11.6 Å². The molecular weight excluding hydrogens is 352 g/mol. The average Bonchev–Trinajstić information content (AvgIpc) is 3.09. The largest absolute Gasteiger partial charge is 0.497 e. The van der Waals surface area contributed by atoms with Crippen LogP contribution in [-0.2, 0) is 12.8 Å². The van der Waals surface area contributed by atoms with Crippen molar-refractivity contribution >= 4 is 23.2 Å². The smallest absolute Gasteiger partial charge is 0.278 e. The van der Waals surface area contributed by atoms with Crippen LogP contribution in [0.5, 0.6) is 5.75 Å². The number of methoxy groups -OCH3 is 1. The number of anilines is 1. The maximum atomic E-state index is 12.7. The van der Waals surface area contributed by atoms with Crippen LogP contribution < -0.4 is 10.1 Å². The second-order valence-corrected chi connectivity index (χ2v) is 6.64. The second-order valence-electron chi connectivity index (χ2n) is 6.23. The minimum Gasteiger partial charge on any atom is -0.497 e. The summed E-state index contributed by atoms with van der Waals surface area (Å²) in [6.07, 6.45) is 1.49. The Balaban J connectivity index is 1.67. The van der Waals surface area contributed by atoms with E-state index in [0.717, 1.165) is 34.4 Å². The van der Waals surface area contributed by atoms with Crippen molar-refractivity contribution in [3.05, 3.63) is 63.8 Å². The molecule has 1 amide bonds. The van der Waals surface area contributed by atoms with Crippen LogP contribution in [0.15, 0.2) is 40.9 Å². The molecule has 0 spiro atoms. The van der Waals surface area contributed by atoms with Gasteiger partial charge in [-0.2, -0.15) is 0 Å². The first kappa shape index (κ1) is 16.7. The molecule has 0 bridgehead atoms. The molecule has 1 aliphatic rings. The summed E-state index contributed by atoms with van der Waals surface area (Å²) in [5.74, 6) is 1.17. The molecule has 0 radical (unpaired) electrons. The van der Waals surface area contributed by atoms with Gasteiger partial charge in [-0.05, 0) is 61.2 Å². The maximum absolute atomic E-state index is 12.7. The zero-order valence-electron chi connectivity index (χ0n) is 14.4. The molecule has 1 heterocycles. The zero-order chi connectivity index (χ0) is 18.3. The van der Waals surface area contributed by atoms with Crippen LogP contribution in [0.3, 0.4) is 0 Å². The van der Waals surface area contributed by atoms with Crippen LogP contribution in [0.4, 0.5) is 5.69 Å². The number of aryl methyl sites for hydroxylation is 1. The number of ether oxygens (including phenoxy) is 1. The Morgan fingerprint density at radius 2 is 2.12 bits per heavy atom. The number of hydrogen-bond acceptors (Lipinski definition) is 4. The lowest BCUT2D eigenvalue weighted by atomic mass is 9.89. The summed E-state index contributed by atoms with van der Waals surface area (Å²) in [6, 6.07) is 11.2. The Kier molecular flexibility index (Phi) is 4.17. The quantitative estimate of drug-likeness (QED) is 0.730. The third kappa shape index (κ3) is 2.74. The van der Waals surface area contributed by atoms with Crippen LogP contribution in [0, 0.1) is 6.92 Å². The highest BCUT2D eigenvalue weighted by molar-refractivity contribution is 6.31. The standard InChI is InChI=1S/C20H17ClN2O3/c1-11-16(21)4-3-5-17(11)22-20(24)18-15-8-6-12-10-13(25-2)7-9-14(12)19(15)26-23-18/h3-5,7,9-10H,6,8H2,1-2H3,(H,22,24). The molecule has 3 aromatic rings. The average molecular weight is 369 g/mol. The Morgan fingerprint density at radius 1 is 1.27 bits per heavy atom. The van der Waals surface area contributed by atoms with Crippen LogP contribution in [0.1, 0.15) is 27.2 Å². The number of nitrogens with one attached hydrogen (secondary N) is 1. The van der Waals surface area contributed by atoms with Gasteiger partial charge in [0.25, 0.3) is 5.91 Å². The number of benzene rings is 2. The number of nitrogens with zero attached hydrogens (tertiary/aromatic N) is 1. The number of rotatable bonds is 3. The third-order valence-corrected chi connectivity index (χ3v) is 5.13. The SMILES string of the molecule is COc1ccc2c(c1)CCc1c(C(=O)Nc3cccc(Cl)c3C)noc1-2. The van der Waals surface area contributed by atoms with Crippen molar-refractivity contribution in [3.8, 4) is 17.1 Å². The monoisotopic (exact) mass is 368 g/mol. The summed E-state index contributed by atoms with van der Waals surface area (Å²) in [5.41, 5.74) is 4.72. The lowest BCUT2D eigenvalue weighted by molar-refractivity contribution is 0.101. The number of carbonyl (C=O) groups is 1. The van der Waals surface area contributed by atoms with E-state index in [1.807, 2.05) is 31.2 Å². The molecule has 6 heteroatoms. The van der Waals surface area contributed by atoms with Gasteiger partial charge < -0.3 is 14.6 Å². The molecule has 0 saturated carbocycles. The predicted octanol–water partition coefficient (Wildman–Crippen LogP) is 4.66. The highest BCUT2D eigenvalue weighted by Crippen LogP contribution is 2.37. The van der Waals surface area contributed by atoms with Gasteiger partial charge in [0.1, 0.15) is 5.75 Å². The summed E-state index contributed by atoms with van der Waals surface area (Å²) in [6.45, 7) is 1.86. The number of halogens is 1. The van der Waals surface area contributed by atoms with E-state index in [2.05, 4.69) is 10.5 Å². The topological polar surface area (TPSA) is 64.4 Å². The second kappa shape index (κ2) is 6.50. The van der Waals surface area contributed by atoms with Crippen molar-refractivity contribution in [2.75, 3.05) is 12.4 Å². The van der Waals surface area contributed by atoms with Crippen molar-refractivity contribution in [3.63, 3.8) is 0 Å². The molecule has 1 N–H and O–H groups in total. The van der Waals surface area contributed by atoms with E-state index in [4.69, 9.17) is 20.9 Å². The lowest BCUT2D eigenvalue weighted by Crippen LogP contribution is -2.16. The third-order valence-electron chi connectivity index (χ3n) is 4.72. The predicted molar refractivity (Wildman–Crippen MR) is 100 cm³/mol. The summed E-state index contributed by atoms with van der Waals surface area (Å²) in [7, 11) is 1.64. The molecule has 0 saturated heterocycles. The number of fused-ring (bicyclic) bond motifs is 3. The van der Waals surface area contributed by atoms with E-state index in [1.54, 1.807) is 19.2 Å². The van der Waals surface area contributed by atoms with Gasteiger partial charge in [0.15, 0.2) is 11.5 Å². The fourth-order valence-corrected chi connectivity index (χ4v) is 3.42. The van der Waals surface area contributed by atoms with Gasteiger partial charge in [-0.1, -0.05) is 22.8 Å². The van der Waals surface area contributed by atoms with E-state index >= 15 is 0 Å². The Morgan fingerprint density at radius 3 is 2.92 bits per heavy atom. The van der Waals surface area contributed by atoms with Crippen molar-refractivity contribution in [2.45, 2.75) is 19.8 Å². The van der Waals surface area contributed by atoms with E-state index in [9.17, 15) is 4.79 Å². The Bertz CT molecular complexity index is 1010. The van der Waals surface area contributed by atoms with Gasteiger partial charge in [-0.25, -0.2) is 0 Å². The molecule has 1 aromatic heterocycles. The molecule has 0 aliphatic heterocycles. The minimum atomic E-state index is -0.294. The fourth-order valence-electron chi connectivity index (χ4n) is 3.24. The first-order valence-electron chi connectivity index (χ1n) is 8.30. The highest BCUT2D eigenvalue weighted by Gasteiger charge is 2.28. The van der Waals surface area contributed by atoms with Gasteiger partial charge in [-0.3, -0.25) is 4.79 Å². The number of carbonyl (C=O) groups excluding carboxylic acids is 1. The lowest BCUT2D eigenvalue weighted by Gasteiger charge is -2.16. The number of amides is 1. The molecular formula is C20H17ClN2O3. The molecule has 4 rings (SSSR count). The van der Waals surface area contributed by atoms with Gasteiger partial charge >= 0.3 is 0 Å². The first-order chi connectivity index (χ1) is 12.6.